The van der Waals surface area contributed by atoms with Gasteiger partial charge < -0.3 is 5.73 Å². The Hall–Kier alpha value is -3.88. The predicted octanol–water partition coefficient (Wildman–Crippen LogP) is 2.54. The molecular weight excluding hydrogens is 344 g/mol. The summed E-state index contributed by atoms with van der Waals surface area (Å²) in [5.41, 5.74) is 8.61. The number of hydrogen-bond acceptors (Lipinski definition) is 8. The zero-order valence-corrected chi connectivity index (χ0v) is 14.7. The third-order valence-corrected chi connectivity index (χ3v) is 4.16. The van der Waals surface area contributed by atoms with E-state index in [0.29, 0.717) is 22.9 Å². The summed E-state index contributed by atoms with van der Waals surface area (Å²) in [7, 11) is 0. The van der Waals surface area contributed by atoms with E-state index in [1.54, 1.807) is 6.21 Å². The molecule has 9 nitrogen and oxygen atoms in total. The van der Waals surface area contributed by atoms with Crippen LogP contribution < -0.4 is 5.73 Å². The van der Waals surface area contributed by atoms with E-state index in [1.807, 2.05) is 38.1 Å². The Kier molecular flexibility index (Phi) is 4.17. The van der Waals surface area contributed by atoms with Gasteiger partial charge in [0.25, 0.3) is 0 Å². The monoisotopic (exact) mass is 360 g/mol. The molecule has 0 saturated heterocycles. The molecule has 4 aromatic rings. The smallest absolute Gasteiger partial charge is 0.243 e. The standard InChI is InChI=1S/C18H16N8O/c1-11(16-12(2)26(25-22-16)18-17(19)23-27-24-18)21-20-10-14-8-5-7-13-6-3-4-9-15(13)14/h3-10H,1-2H3,(H2,19,23)/b20-10+,21-11+. The number of benzene rings is 2. The number of fused-ring (bicyclic) bond motifs is 1. The van der Waals surface area contributed by atoms with Crippen molar-refractivity contribution in [3.05, 3.63) is 59.4 Å². The zero-order chi connectivity index (χ0) is 18.8. The van der Waals surface area contributed by atoms with E-state index >= 15 is 0 Å². The van der Waals surface area contributed by atoms with E-state index in [9.17, 15) is 0 Å². The topological polar surface area (TPSA) is 120 Å². The zero-order valence-electron chi connectivity index (χ0n) is 14.7. The van der Waals surface area contributed by atoms with Gasteiger partial charge in [-0.15, -0.1) is 5.10 Å². The SMILES string of the molecule is C/C(=N\N=C\c1cccc2ccccc12)c1nnn(-c2nonc2N)c1C. The van der Waals surface area contributed by atoms with E-state index < -0.39 is 0 Å². The van der Waals surface area contributed by atoms with Gasteiger partial charge in [0.1, 0.15) is 5.69 Å². The Morgan fingerprint density at radius 3 is 2.78 bits per heavy atom. The molecule has 0 fully saturated rings. The van der Waals surface area contributed by atoms with Gasteiger partial charge in [0.05, 0.1) is 17.6 Å². The van der Waals surface area contributed by atoms with Gasteiger partial charge in [0, 0.05) is 5.56 Å². The number of anilines is 1. The second-order valence-corrected chi connectivity index (χ2v) is 5.91. The molecule has 9 heteroatoms. The average molecular weight is 360 g/mol. The van der Waals surface area contributed by atoms with Gasteiger partial charge in [-0.3, -0.25) is 0 Å². The third-order valence-electron chi connectivity index (χ3n) is 4.16. The molecule has 2 N–H and O–H groups in total. The lowest BCUT2D eigenvalue weighted by Crippen LogP contribution is -2.04. The van der Waals surface area contributed by atoms with Crippen molar-refractivity contribution in [3.8, 4) is 5.82 Å². The molecular formula is C18H16N8O. The van der Waals surface area contributed by atoms with E-state index in [2.05, 4.69) is 53.7 Å². The second kappa shape index (κ2) is 6.79. The first-order valence-corrected chi connectivity index (χ1v) is 8.21. The van der Waals surface area contributed by atoms with Crippen molar-refractivity contribution in [3.63, 3.8) is 0 Å². The largest absolute Gasteiger partial charge is 0.378 e. The molecule has 2 aromatic carbocycles. The summed E-state index contributed by atoms with van der Waals surface area (Å²) >= 11 is 0. The Morgan fingerprint density at radius 1 is 1.15 bits per heavy atom. The molecule has 0 aliphatic rings. The van der Waals surface area contributed by atoms with Crippen molar-refractivity contribution in [2.45, 2.75) is 13.8 Å². The van der Waals surface area contributed by atoms with Crippen LogP contribution in [0.2, 0.25) is 0 Å². The van der Waals surface area contributed by atoms with Crippen LogP contribution in [0, 0.1) is 6.92 Å². The third kappa shape index (κ3) is 3.06. The fourth-order valence-corrected chi connectivity index (χ4v) is 2.79. The lowest BCUT2D eigenvalue weighted by molar-refractivity contribution is 0.306. The van der Waals surface area contributed by atoms with Crippen molar-refractivity contribution >= 4 is 28.5 Å². The summed E-state index contributed by atoms with van der Waals surface area (Å²) in [6, 6.07) is 14.2. The van der Waals surface area contributed by atoms with Crippen molar-refractivity contribution in [2.75, 3.05) is 5.73 Å². The van der Waals surface area contributed by atoms with Crippen LogP contribution in [-0.4, -0.2) is 37.2 Å². The maximum atomic E-state index is 5.71. The van der Waals surface area contributed by atoms with E-state index in [0.717, 1.165) is 16.3 Å². The van der Waals surface area contributed by atoms with Crippen LogP contribution in [0.3, 0.4) is 0 Å². The molecule has 0 amide bonds. The number of aromatic nitrogens is 5. The molecule has 134 valence electrons. The van der Waals surface area contributed by atoms with Crippen molar-refractivity contribution < 1.29 is 4.63 Å². The molecule has 2 heterocycles. The molecule has 0 aliphatic carbocycles. The van der Waals surface area contributed by atoms with Gasteiger partial charge in [0.15, 0.2) is 0 Å². The first-order chi connectivity index (χ1) is 13.1. The van der Waals surface area contributed by atoms with Gasteiger partial charge in [-0.25, -0.2) is 4.63 Å². The van der Waals surface area contributed by atoms with Crippen molar-refractivity contribution in [1.29, 1.82) is 0 Å². The van der Waals surface area contributed by atoms with Gasteiger partial charge in [-0.1, -0.05) is 47.7 Å². The van der Waals surface area contributed by atoms with Crippen LogP contribution in [0.5, 0.6) is 0 Å². The van der Waals surface area contributed by atoms with Crippen molar-refractivity contribution in [1.82, 2.24) is 25.3 Å². The average Bonchev–Trinajstić information content (AvgIpc) is 3.27. The molecule has 0 spiro atoms. The molecule has 0 saturated carbocycles. The van der Waals surface area contributed by atoms with Gasteiger partial charge in [-0.2, -0.15) is 14.9 Å². The summed E-state index contributed by atoms with van der Waals surface area (Å²) in [6.45, 7) is 3.64. The van der Waals surface area contributed by atoms with E-state index in [-0.39, 0.29) is 5.82 Å². The molecule has 0 unspecified atom stereocenters. The quantitative estimate of drug-likeness (QED) is 0.441. The van der Waals surface area contributed by atoms with E-state index in [4.69, 9.17) is 5.73 Å². The Labute approximate surface area is 154 Å². The molecule has 0 aliphatic heterocycles. The molecule has 0 radical (unpaired) electrons. The van der Waals surface area contributed by atoms with Crippen molar-refractivity contribution in [2.24, 2.45) is 10.2 Å². The maximum absolute atomic E-state index is 5.71. The van der Waals surface area contributed by atoms with E-state index in [1.165, 1.54) is 4.68 Å². The minimum Gasteiger partial charge on any atom is -0.378 e. The molecule has 27 heavy (non-hydrogen) atoms. The predicted molar refractivity (Wildman–Crippen MR) is 102 cm³/mol. The first-order valence-electron chi connectivity index (χ1n) is 8.21. The highest BCUT2D eigenvalue weighted by Crippen LogP contribution is 2.17. The van der Waals surface area contributed by atoms with Crippen LogP contribution in [0.15, 0.2) is 57.3 Å². The summed E-state index contributed by atoms with van der Waals surface area (Å²) in [5, 5.41) is 26.2. The Morgan fingerprint density at radius 2 is 1.96 bits per heavy atom. The highest BCUT2D eigenvalue weighted by atomic mass is 16.6. The number of hydrogen-bond donors (Lipinski definition) is 1. The van der Waals surface area contributed by atoms with Gasteiger partial charge >= 0.3 is 0 Å². The fraction of sp³-hybridized carbons (Fsp3) is 0.111. The molecule has 2 aromatic heterocycles. The summed E-state index contributed by atoms with van der Waals surface area (Å²) in [4.78, 5) is 0. The number of nitrogens with two attached hydrogens (primary N) is 1. The number of nitrogens with zero attached hydrogens (tertiary/aromatic N) is 7. The molecule has 0 atom stereocenters. The fourth-order valence-electron chi connectivity index (χ4n) is 2.79. The van der Waals surface area contributed by atoms with Crippen LogP contribution in [0.25, 0.3) is 16.6 Å². The summed E-state index contributed by atoms with van der Waals surface area (Å²) in [6.07, 6.45) is 1.73. The summed E-state index contributed by atoms with van der Waals surface area (Å²) < 4.78 is 6.06. The van der Waals surface area contributed by atoms with Crippen LogP contribution in [0.4, 0.5) is 5.82 Å². The first kappa shape index (κ1) is 16.6. The highest BCUT2D eigenvalue weighted by molar-refractivity contribution is 6.01. The second-order valence-electron chi connectivity index (χ2n) is 5.91. The number of rotatable bonds is 4. The van der Waals surface area contributed by atoms with Crippen LogP contribution in [-0.2, 0) is 0 Å². The number of nitrogen functional groups attached to an aromatic ring is 1. The Bertz CT molecular complexity index is 1170. The van der Waals surface area contributed by atoms with Gasteiger partial charge in [-0.05, 0) is 34.9 Å². The minimum absolute atomic E-state index is 0.137. The summed E-state index contributed by atoms with van der Waals surface area (Å²) in [5.74, 6) is 0.427. The minimum atomic E-state index is 0.137. The molecule has 4 rings (SSSR count). The maximum Gasteiger partial charge on any atom is 0.243 e. The highest BCUT2D eigenvalue weighted by Gasteiger charge is 2.17. The normalized spacial score (nSPS) is 12.3. The van der Waals surface area contributed by atoms with Gasteiger partial charge in [0.2, 0.25) is 11.6 Å². The Balaban J connectivity index is 1.63. The lowest BCUT2D eigenvalue weighted by atomic mass is 10.1. The molecule has 0 bridgehead atoms. The lowest BCUT2D eigenvalue weighted by Gasteiger charge is -2.00. The van der Waals surface area contributed by atoms with Crippen LogP contribution >= 0.6 is 0 Å². The van der Waals surface area contributed by atoms with Crippen LogP contribution in [0.1, 0.15) is 23.9 Å².